The number of nitrogens with zero attached hydrogens (tertiary/aromatic N) is 5. The lowest BCUT2D eigenvalue weighted by molar-refractivity contribution is -0.126. The van der Waals surface area contributed by atoms with Gasteiger partial charge >= 0.3 is 0 Å². The molecule has 2 aliphatic heterocycles. The summed E-state index contributed by atoms with van der Waals surface area (Å²) in [6, 6.07) is 9.05. The van der Waals surface area contributed by atoms with Gasteiger partial charge in [-0.3, -0.25) is 19.3 Å². The number of Topliss-reactive ketones (excluding diaryl/α,β-unsaturated/α-hetero) is 1. The molecule has 0 saturated carbocycles. The third-order valence-corrected chi connectivity index (χ3v) is 7.22. The number of piperazine rings is 1. The summed E-state index contributed by atoms with van der Waals surface area (Å²) in [6.45, 7) is 17.3. The van der Waals surface area contributed by atoms with E-state index in [-0.39, 0.29) is 47.7 Å². The topological polar surface area (TPSA) is 86.7 Å². The number of imide groups is 1. The number of ketones is 1. The Morgan fingerprint density at radius 2 is 1.58 bits per heavy atom. The molecule has 8 heteroatoms. The van der Waals surface area contributed by atoms with E-state index in [4.69, 9.17) is 9.97 Å². The number of carbonyl (C=O) groups excluding carboxylic acids is 3. The van der Waals surface area contributed by atoms with Crippen molar-refractivity contribution in [1.29, 1.82) is 0 Å². The summed E-state index contributed by atoms with van der Waals surface area (Å²) in [4.78, 5) is 53.9. The number of para-hydroxylation sites is 1. The molecule has 1 aromatic carbocycles. The molecule has 204 valence electrons. The highest BCUT2D eigenvalue weighted by atomic mass is 16.2. The lowest BCUT2D eigenvalue weighted by atomic mass is 9.90. The minimum atomic E-state index is -0.295. The van der Waals surface area contributed by atoms with Crippen LogP contribution in [0.1, 0.15) is 89.1 Å². The first-order chi connectivity index (χ1) is 17.8. The number of anilines is 2. The maximum atomic E-state index is 13.1. The smallest absolute Gasteiger partial charge is 0.234 e. The van der Waals surface area contributed by atoms with Gasteiger partial charge in [-0.15, -0.1) is 0 Å². The Kier molecular flexibility index (Phi) is 8.02. The second-order valence-electron chi connectivity index (χ2n) is 12.4. The van der Waals surface area contributed by atoms with Crippen LogP contribution in [-0.2, 0) is 20.4 Å². The minimum absolute atomic E-state index is 0.0609. The monoisotopic (exact) mass is 519 g/mol. The normalized spacial score (nSPS) is 17.4. The van der Waals surface area contributed by atoms with E-state index in [0.29, 0.717) is 17.7 Å². The van der Waals surface area contributed by atoms with Gasteiger partial charge in [0, 0.05) is 67.9 Å². The fraction of sp³-hybridized carbons (Fsp3) is 0.567. The van der Waals surface area contributed by atoms with Crippen LogP contribution in [0.15, 0.2) is 30.3 Å². The molecule has 2 amide bonds. The van der Waals surface area contributed by atoms with Gasteiger partial charge in [0.25, 0.3) is 0 Å². The van der Waals surface area contributed by atoms with E-state index in [1.165, 1.54) is 4.90 Å². The van der Waals surface area contributed by atoms with Crippen LogP contribution in [0.5, 0.6) is 0 Å². The molecule has 38 heavy (non-hydrogen) atoms. The van der Waals surface area contributed by atoms with Crippen LogP contribution in [0.2, 0.25) is 0 Å². The standard InChI is InChI=1S/C30H41N5O3/c1-29(2,3)24-20-25(32-28(31-24)30(4,5)6)34-18-16-33(17-19-34)15-9-12-26(37)35-22-11-8-7-10-21(22)23(36)13-14-27(35)38/h7-8,10-11,20H,9,12-19H2,1-6H3. The highest BCUT2D eigenvalue weighted by molar-refractivity contribution is 6.20. The Labute approximate surface area is 226 Å². The first kappa shape index (κ1) is 27.9. The maximum absolute atomic E-state index is 13.1. The van der Waals surface area contributed by atoms with Crippen molar-refractivity contribution in [3.05, 3.63) is 47.4 Å². The molecule has 0 aliphatic carbocycles. The zero-order valence-electron chi connectivity index (χ0n) is 23.7. The zero-order chi connectivity index (χ0) is 27.7. The van der Waals surface area contributed by atoms with E-state index < -0.39 is 0 Å². The number of carbonyl (C=O) groups is 3. The molecule has 2 aliphatic rings. The number of aromatic nitrogens is 2. The van der Waals surface area contributed by atoms with Gasteiger partial charge in [0.05, 0.1) is 11.4 Å². The van der Waals surface area contributed by atoms with Crippen molar-refractivity contribution in [2.45, 2.75) is 78.1 Å². The summed E-state index contributed by atoms with van der Waals surface area (Å²) in [7, 11) is 0. The highest BCUT2D eigenvalue weighted by Crippen LogP contribution is 2.29. The molecule has 1 aromatic heterocycles. The Bertz CT molecular complexity index is 1170. The zero-order valence-corrected chi connectivity index (χ0v) is 23.7. The Morgan fingerprint density at radius 3 is 2.24 bits per heavy atom. The summed E-state index contributed by atoms with van der Waals surface area (Å²) < 4.78 is 0. The van der Waals surface area contributed by atoms with Gasteiger partial charge in [0.1, 0.15) is 11.6 Å². The average Bonchev–Trinajstić information content (AvgIpc) is 2.99. The highest BCUT2D eigenvalue weighted by Gasteiger charge is 2.31. The number of fused-ring (bicyclic) bond motifs is 1. The molecule has 1 saturated heterocycles. The van der Waals surface area contributed by atoms with Crippen LogP contribution in [0.3, 0.4) is 0 Å². The molecule has 0 radical (unpaired) electrons. The van der Waals surface area contributed by atoms with Gasteiger partial charge in [0.2, 0.25) is 11.8 Å². The summed E-state index contributed by atoms with van der Waals surface area (Å²) in [5.41, 5.74) is 1.74. The summed E-state index contributed by atoms with van der Waals surface area (Å²) in [6.07, 6.45) is 1.14. The summed E-state index contributed by atoms with van der Waals surface area (Å²) in [5, 5.41) is 0. The predicted molar refractivity (Wildman–Crippen MR) is 150 cm³/mol. The Morgan fingerprint density at radius 1 is 0.895 bits per heavy atom. The molecule has 0 spiro atoms. The lowest BCUT2D eigenvalue weighted by Gasteiger charge is -2.36. The van der Waals surface area contributed by atoms with Crippen molar-refractivity contribution in [3.63, 3.8) is 0 Å². The van der Waals surface area contributed by atoms with Gasteiger partial charge in [0.15, 0.2) is 5.78 Å². The van der Waals surface area contributed by atoms with E-state index in [2.05, 4.69) is 57.4 Å². The van der Waals surface area contributed by atoms with E-state index in [1.54, 1.807) is 24.3 Å². The third-order valence-electron chi connectivity index (χ3n) is 7.22. The van der Waals surface area contributed by atoms with E-state index >= 15 is 0 Å². The van der Waals surface area contributed by atoms with Crippen LogP contribution in [-0.4, -0.2) is 65.2 Å². The van der Waals surface area contributed by atoms with Crippen molar-refractivity contribution < 1.29 is 14.4 Å². The minimum Gasteiger partial charge on any atom is -0.354 e. The number of benzene rings is 1. The van der Waals surface area contributed by atoms with Crippen molar-refractivity contribution in [3.8, 4) is 0 Å². The van der Waals surface area contributed by atoms with Gasteiger partial charge in [-0.25, -0.2) is 14.9 Å². The Balaban J connectivity index is 1.35. The van der Waals surface area contributed by atoms with Crippen molar-refractivity contribution in [1.82, 2.24) is 14.9 Å². The van der Waals surface area contributed by atoms with E-state index in [1.807, 2.05) is 0 Å². The third kappa shape index (κ3) is 6.29. The molecule has 1 fully saturated rings. The molecule has 0 N–H and O–H groups in total. The van der Waals surface area contributed by atoms with Crippen LogP contribution >= 0.6 is 0 Å². The molecule has 4 rings (SSSR count). The molecule has 2 aromatic rings. The quantitative estimate of drug-likeness (QED) is 0.574. The van der Waals surface area contributed by atoms with Gasteiger partial charge in [-0.05, 0) is 25.1 Å². The number of hydrogen-bond acceptors (Lipinski definition) is 7. The predicted octanol–water partition coefficient (Wildman–Crippen LogP) is 4.51. The van der Waals surface area contributed by atoms with E-state index in [0.717, 1.165) is 50.1 Å². The molecule has 0 unspecified atom stereocenters. The van der Waals surface area contributed by atoms with E-state index in [9.17, 15) is 14.4 Å². The van der Waals surface area contributed by atoms with Gasteiger partial charge < -0.3 is 4.90 Å². The molecule has 8 nitrogen and oxygen atoms in total. The summed E-state index contributed by atoms with van der Waals surface area (Å²) >= 11 is 0. The van der Waals surface area contributed by atoms with Gasteiger partial charge in [-0.1, -0.05) is 53.7 Å². The second kappa shape index (κ2) is 10.9. The molecule has 0 atom stereocenters. The first-order valence-electron chi connectivity index (χ1n) is 13.7. The SMILES string of the molecule is CC(C)(C)c1cc(N2CCN(CCCC(=O)N3C(=O)CCC(=O)c4ccccc43)CC2)nc(C(C)(C)C)n1. The largest absolute Gasteiger partial charge is 0.354 e. The second-order valence-corrected chi connectivity index (χ2v) is 12.4. The Hall–Kier alpha value is -3.13. The molecular formula is C30H41N5O3. The lowest BCUT2D eigenvalue weighted by Crippen LogP contribution is -2.47. The van der Waals surface area contributed by atoms with Crippen LogP contribution in [0, 0.1) is 0 Å². The van der Waals surface area contributed by atoms with Crippen LogP contribution in [0.25, 0.3) is 0 Å². The molecular weight excluding hydrogens is 478 g/mol. The fourth-order valence-electron chi connectivity index (χ4n) is 4.86. The fourth-order valence-corrected chi connectivity index (χ4v) is 4.86. The number of hydrogen-bond donors (Lipinski definition) is 0. The molecule has 3 heterocycles. The van der Waals surface area contributed by atoms with Crippen LogP contribution in [0.4, 0.5) is 11.5 Å². The summed E-state index contributed by atoms with van der Waals surface area (Å²) in [5.74, 6) is 1.23. The van der Waals surface area contributed by atoms with Crippen molar-refractivity contribution in [2.75, 3.05) is 42.5 Å². The number of rotatable bonds is 5. The van der Waals surface area contributed by atoms with Crippen molar-refractivity contribution in [2.24, 2.45) is 0 Å². The first-order valence-corrected chi connectivity index (χ1v) is 13.7. The maximum Gasteiger partial charge on any atom is 0.234 e. The molecule has 0 bridgehead atoms. The van der Waals surface area contributed by atoms with Crippen molar-refractivity contribution >= 4 is 29.1 Å². The number of amides is 2. The van der Waals surface area contributed by atoms with Crippen LogP contribution < -0.4 is 9.80 Å². The van der Waals surface area contributed by atoms with Gasteiger partial charge in [-0.2, -0.15) is 0 Å². The average molecular weight is 520 g/mol.